The molecule has 1 aliphatic heterocycles. The molecule has 7 nitrogen and oxygen atoms in total. The quantitative estimate of drug-likeness (QED) is 0.406. The minimum atomic E-state index is 0.438. The van der Waals surface area contributed by atoms with Crippen LogP contribution in [0.3, 0.4) is 0 Å². The number of carbonyl (C=O) groups excluding carboxylic acids is 1. The summed E-state index contributed by atoms with van der Waals surface area (Å²) in [6.07, 6.45) is 7.82. The average Bonchev–Trinajstić information content (AvgIpc) is 2.83. The number of nitrogen functional groups attached to an aromatic ring is 1. The lowest BCUT2D eigenvalue weighted by Gasteiger charge is -2.31. The fourth-order valence-electron chi connectivity index (χ4n) is 3.84. The summed E-state index contributed by atoms with van der Waals surface area (Å²) in [4.78, 5) is 21.3. The van der Waals surface area contributed by atoms with Gasteiger partial charge in [0.2, 0.25) is 0 Å². The van der Waals surface area contributed by atoms with Crippen LogP contribution in [0.4, 0.5) is 11.6 Å². The number of nitrogens with zero attached hydrogens (tertiary/aromatic N) is 3. The van der Waals surface area contributed by atoms with E-state index in [0.717, 1.165) is 67.2 Å². The van der Waals surface area contributed by atoms with Gasteiger partial charge >= 0.3 is 0 Å². The standard InChI is InChI=1S/C25H27N5O2/c26-24-23(20-7-9-22(10-8-20)32-21-5-2-1-3-6-21)25(29-18-28-24)27-17-19-11-14-30(15-12-19)13-4-16-31/h1-10,13,16,18-19H,11-12,14-15,17H2,(H3,26,27,28,29). The number of aldehydes is 1. The Kier molecular flexibility index (Phi) is 6.97. The summed E-state index contributed by atoms with van der Waals surface area (Å²) >= 11 is 0. The molecule has 0 bridgehead atoms. The summed E-state index contributed by atoms with van der Waals surface area (Å²) in [5.41, 5.74) is 7.95. The summed E-state index contributed by atoms with van der Waals surface area (Å²) in [7, 11) is 0. The smallest absolute Gasteiger partial charge is 0.144 e. The Morgan fingerprint density at radius 3 is 2.47 bits per heavy atom. The van der Waals surface area contributed by atoms with E-state index >= 15 is 0 Å². The van der Waals surface area contributed by atoms with Gasteiger partial charge < -0.3 is 20.7 Å². The zero-order chi connectivity index (χ0) is 22.2. The Morgan fingerprint density at radius 1 is 1.03 bits per heavy atom. The summed E-state index contributed by atoms with van der Waals surface area (Å²) in [5.74, 6) is 3.24. The predicted octanol–water partition coefficient (Wildman–Crippen LogP) is 4.35. The molecule has 0 saturated carbocycles. The molecule has 1 saturated heterocycles. The van der Waals surface area contributed by atoms with E-state index in [1.54, 1.807) is 6.08 Å². The third-order valence-electron chi connectivity index (χ3n) is 5.58. The lowest BCUT2D eigenvalue weighted by Crippen LogP contribution is -2.32. The first-order chi connectivity index (χ1) is 15.7. The molecule has 2 heterocycles. The third kappa shape index (κ3) is 5.43. The minimum Gasteiger partial charge on any atom is -0.457 e. The molecule has 2 aromatic carbocycles. The number of allylic oxidation sites excluding steroid dienone is 1. The Balaban J connectivity index is 1.42. The van der Waals surface area contributed by atoms with Crippen molar-refractivity contribution in [2.45, 2.75) is 12.8 Å². The minimum absolute atomic E-state index is 0.438. The number of hydrogen-bond donors (Lipinski definition) is 2. The number of rotatable bonds is 8. The largest absolute Gasteiger partial charge is 0.457 e. The maximum absolute atomic E-state index is 10.5. The first-order valence-electron chi connectivity index (χ1n) is 10.8. The van der Waals surface area contributed by atoms with E-state index in [4.69, 9.17) is 10.5 Å². The molecule has 0 radical (unpaired) electrons. The second-order valence-electron chi connectivity index (χ2n) is 7.76. The fraction of sp³-hybridized carbons (Fsp3) is 0.240. The monoisotopic (exact) mass is 429 g/mol. The fourth-order valence-corrected chi connectivity index (χ4v) is 3.84. The van der Waals surface area contributed by atoms with E-state index in [1.807, 2.05) is 60.8 Å². The maximum Gasteiger partial charge on any atom is 0.144 e. The number of nitrogens with one attached hydrogen (secondary N) is 1. The molecule has 3 aromatic rings. The van der Waals surface area contributed by atoms with E-state index in [0.29, 0.717) is 11.7 Å². The van der Waals surface area contributed by atoms with Crippen molar-refractivity contribution in [1.29, 1.82) is 0 Å². The Labute approximate surface area is 187 Å². The normalized spacial score (nSPS) is 14.4. The van der Waals surface area contributed by atoms with E-state index in [2.05, 4.69) is 20.2 Å². The molecular weight excluding hydrogens is 402 g/mol. The van der Waals surface area contributed by atoms with Gasteiger partial charge in [-0.3, -0.25) is 4.79 Å². The number of hydrogen-bond acceptors (Lipinski definition) is 7. The molecular formula is C25H27N5O2. The molecule has 0 spiro atoms. The number of nitrogens with two attached hydrogens (primary N) is 1. The van der Waals surface area contributed by atoms with E-state index in [1.165, 1.54) is 6.33 Å². The van der Waals surface area contributed by atoms with Crippen LogP contribution in [0.1, 0.15) is 12.8 Å². The topological polar surface area (TPSA) is 93.4 Å². The highest BCUT2D eigenvalue weighted by molar-refractivity contribution is 5.83. The number of ether oxygens (including phenoxy) is 1. The maximum atomic E-state index is 10.5. The number of benzene rings is 2. The molecule has 0 amide bonds. The Morgan fingerprint density at radius 2 is 1.75 bits per heavy atom. The van der Waals surface area contributed by atoms with Crippen molar-refractivity contribution in [3.8, 4) is 22.6 Å². The van der Waals surface area contributed by atoms with Crippen LogP contribution >= 0.6 is 0 Å². The van der Waals surface area contributed by atoms with Crippen LogP contribution < -0.4 is 15.8 Å². The molecule has 0 aliphatic carbocycles. The zero-order valence-corrected chi connectivity index (χ0v) is 17.9. The second kappa shape index (κ2) is 10.4. The van der Waals surface area contributed by atoms with E-state index in [9.17, 15) is 4.79 Å². The summed E-state index contributed by atoms with van der Waals surface area (Å²) in [6, 6.07) is 17.4. The summed E-state index contributed by atoms with van der Waals surface area (Å²) < 4.78 is 5.88. The summed E-state index contributed by atoms with van der Waals surface area (Å²) in [5, 5.41) is 3.48. The van der Waals surface area contributed by atoms with Gasteiger partial charge in [0.15, 0.2) is 0 Å². The second-order valence-corrected chi connectivity index (χ2v) is 7.76. The number of para-hydroxylation sites is 1. The van der Waals surface area contributed by atoms with Crippen molar-refractivity contribution in [2.75, 3.05) is 30.7 Å². The van der Waals surface area contributed by atoms with Crippen LogP contribution in [0.2, 0.25) is 0 Å². The molecule has 4 rings (SSSR count). The number of aromatic nitrogens is 2. The first-order valence-corrected chi connectivity index (χ1v) is 10.8. The van der Waals surface area contributed by atoms with Crippen molar-refractivity contribution in [3.05, 3.63) is 73.2 Å². The number of carbonyl (C=O) groups is 1. The van der Waals surface area contributed by atoms with Crippen LogP contribution in [-0.2, 0) is 4.79 Å². The van der Waals surface area contributed by atoms with E-state index in [-0.39, 0.29) is 0 Å². The molecule has 7 heteroatoms. The number of anilines is 2. The van der Waals surface area contributed by atoms with Gasteiger partial charge in [-0.15, -0.1) is 0 Å². The first kappa shape index (κ1) is 21.4. The molecule has 0 unspecified atom stereocenters. The highest BCUT2D eigenvalue weighted by Gasteiger charge is 2.19. The van der Waals surface area contributed by atoms with Crippen molar-refractivity contribution in [3.63, 3.8) is 0 Å². The van der Waals surface area contributed by atoms with Gasteiger partial charge in [-0.25, -0.2) is 9.97 Å². The molecule has 3 N–H and O–H groups in total. The van der Waals surface area contributed by atoms with E-state index < -0.39 is 0 Å². The van der Waals surface area contributed by atoms with Gasteiger partial charge in [-0.05, 0) is 54.7 Å². The van der Waals surface area contributed by atoms with Crippen molar-refractivity contribution in [1.82, 2.24) is 14.9 Å². The van der Waals surface area contributed by atoms with Crippen molar-refractivity contribution >= 4 is 17.9 Å². The predicted molar refractivity (Wildman–Crippen MR) is 126 cm³/mol. The van der Waals surface area contributed by atoms with Gasteiger partial charge in [0, 0.05) is 25.8 Å². The van der Waals surface area contributed by atoms with Crippen LogP contribution in [0.5, 0.6) is 11.5 Å². The highest BCUT2D eigenvalue weighted by Crippen LogP contribution is 2.33. The van der Waals surface area contributed by atoms with Crippen LogP contribution in [0, 0.1) is 5.92 Å². The molecule has 1 aromatic heterocycles. The van der Waals surface area contributed by atoms with Crippen LogP contribution in [-0.4, -0.2) is 40.8 Å². The Bertz CT molecular complexity index is 1050. The molecule has 32 heavy (non-hydrogen) atoms. The van der Waals surface area contributed by atoms with Crippen LogP contribution in [0.25, 0.3) is 11.1 Å². The van der Waals surface area contributed by atoms with Crippen molar-refractivity contribution in [2.24, 2.45) is 5.92 Å². The molecule has 1 fully saturated rings. The Hall–Kier alpha value is -3.87. The van der Waals surface area contributed by atoms with Crippen LogP contribution in [0.15, 0.2) is 73.2 Å². The lowest BCUT2D eigenvalue weighted by atomic mass is 9.97. The summed E-state index contributed by atoms with van der Waals surface area (Å²) in [6.45, 7) is 2.69. The average molecular weight is 430 g/mol. The molecule has 1 aliphatic rings. The van der Waals surface area contributed by atoms with Gasteiger partial charge in [-0.1, -0.05) is 30.3 Å². The number of likely N-dealkylation sites (tertiary alicyclic amines) is 1. The third-order valence-corrected chi connectivity index (χ3v) is 5.58. The van der Waals surface area contributed by atoms with Gasteiger partial charge in [0.05, 0.1) is 5.56 Å². The van der Waals surface area contributed by atoms with Gasteiger partial charge in [-0.2, -0.15) is 0 Å². The zero-order valence-electron chi connectivity index (χ0n) is 17.9. The lowest BCUT2D eigenvalue weighted by molar-refractivity contribution is -0.104. The van der Waals surface area contributed by atoms with Gasteiger partial charge in [0.1, 0.15) is 35.7 Å². The molecule has 0 atom stereocenters. The van der Waals surface area contributed by atoms with Crippen molar-refractivity contribution < 1.29 is 9.53 Å². The number of piperidine rings is 1. The SMILES string of the molecule is Nc1ncnc(NCC2CCN(C=CC=O)CC2)c1-c1ccc(Oc2ccccc2)cc1. The molecule has 164 valence electrons. The highest BCUT2D eigenvalue weighted by atomic mass is 16.5. The van der Waals surface area contributed by atoms with Gasteiger partial charge in [0.25, 0.3) is 0 Å².